The number of rotatable bonds is 3. The zero-order valence-electron chi connectivity index (χ0n) is 14.9. The van der Waals surface area contributed by atoms with Crippen molar-refractivity contribution in [2.24, 2.45) is 0 Å². The lowest BCUT2D eigenvalue weighted by Gasteiger charge is -2.37. The molecule has 3 heterocycles. The third kappa shape index (κ3) is 3.53. The molecule has 3 atom stereocenters. The molecule has 26 heavy (non-hydrogen) atoms. The topological polar surface area (TPSA) is 57.1 Å². The Balaban J connectivity index is 1.32. The zero-order valence-corrected chi connectivity index (χ0v) is 14.9. The first-order valence-electron chi connectivity index (χ1n) is 9.51. The van der Waals surface area contributed by atoms with Gasteiger partial charge in [0.1, 0.15) is 11.9 Å². The van der Waals surface area contributed by atoms with E-state index in [2.05, 4.69) is 10.2 Å². The van der Waals surface area contributed by atoms with Gasteiger partial charge in [0.15, 0.2) is 6.54 Å². The van der Waals surface area contributed by atoms with Gasteiger partial charge in [-0.05, 0) is 24.3 Å². The first-order chi connectivity index (χ1) is 12.6. The van der Waals surface area contributed by atoms with Crippen molar-refractivity contribution in [2.45, 2.75) is 31.3 Å². The molecule has 1 unspecified atom stereocenters. The van der Waals surface area contributed by atoms with Crippen LogP contribution in [0.5, 0.6) is 0 Å². The van der Waals surface area contributed by atoms with Crippen LogP contribution < -0.4 is 15.1 Å². The molecule has 7 heteroatoms. The zero-order chi connectivity index (χ0) is 18.1. The molecule has 0 aliphatic carbocycles. The Hall–Kier alpha value is -2.15. The molecule has 3 aliphatic rings. The first kappa shape index (κ1) is 17.3. The van der Waals surface area contributed by atoms with E-state index < -0.39 is 0 Å². The summed E-state index contributed by atoms with van der Waals surface area (Å²) in [6, 6.07) is 7.18. The second-order valence-electron chi connectivity index (χ2n) is 7.58. The van der Waals surface area contributed by atoms with E-state index in [-0.39, 0.29) is 23.7 Å². The highest BCUT2D eigenvalue weighted by Crippen LogP contribution is 2.17. The molecule has 3 aliphatic heterocycles. The van der Waals surface area contributed by atoms with Gasteiger partial charge in [-0.3, -0.25) is 9.59 Å². The largest absolute Gasteiger partial charge is 0.368 e. The average Bonchev–Trinajstić information content (AvgIpc) is 2.93. The van der Waals surface area contributed by atoms with Crippen LogP contribution in [0.15, 0.2) is 24.3 Å². The summed E-state index contributed by atoms with van der Waals surface area (Å²) in [4.78, 5) is 30.0. The van der Waals surface area contributed by atoms with Crippen molar-refractivity contribution in [3.63, 3.8) is 0 Å². The van der Waals surface area contributed by atoms with E-state index in [1.54, 1.807) is 12.1 Å². The fourth-order valence-electron chi connectivity index (χ4n) is 4.55. The van der Waals surface area contributed by atoms with Crippen LogP contribution >= 0.6 is 0 Å². The summed E-state index contributed by atoms with van der Waals surface area (Å²) in [5.41, 5.74) is 0.999. The van der Waals surface area contributed by atoms with E-state index in [1.807, 2.05) is 4.90 Å². The normalized spacial score (nSPS) is 28.7. The Labute approximate surface area is 152 Å². The number of nitrogens with zero attached hydrogens (tertiary/aromatic N) is 2. The molecule has 3 fully saturated rings. The van der Waals surface area contributed by atoms with Gasteiger partial charge in [0.25, 0.3) is 5.91 Å². The quantitative estimate of drug-likeness (QED) is 0.757. The van der Waals surface area contributed by atoms with Gasteiger partial charge in [-0.1, -0.05) is 0 Å². The Morgan fingerprint density at radius 2 is 1.81 bits per heavy atom. The van der Waals surface area contributed by atoms with Gasteiger partial charge in [-0.2, -0.15) is 0 Å². The second-order valence-corrected chi connectivity index (χ2v) is 7.58. The van der Waals surface area contributed by atoms with Gasteiger partial charge in [0.05, 0.1) is 19.0 Å². The Kier molecular flexibility index (Phi) is 4.80. The van der Waals surface area contributed by atoms with E-state index >= 15 is 0 Å². The van der Waals surface area contributed by atoms with E-state index in [9.17, 15) is 14.0 Å². The maximum absolute atomic E-state index is 13.1. The van der Waals surface area contributed by atoms with E-state index in [0.717, 1.165) is 31.6 Å². The molecule has 140 valence electrons. The summed E-state index contributed by atoms with van der Waals surface area (Å²) in [6.07, 6.45) is 2.67. The number of quaternary nitrogens is 1. The lowest BCUT2D eigenvalue weighted by molar-refractivity contribution is -0.925. The van der Waals surface area contributed by atoms with Crippen molar-refractivity contribution in [1.29, 1.82) is 0 Å². The van der Waals surface area contributed by atoms with Gasteiger partial charge in [-0.25, -0.2) is 4.39 Å². The predicted molar refractivity (Wildman–Crippen MR) is 95.5 cm³/mol. The van der Waals surface area contributed by atoms with Crippen LogP contribution in [0.4, 0.5) is 10.1 Å². The van der Waals surface area contributed by atoms with E-state index in [1.165, 1.54) is 17.0 Å². The standard InChI is InChI=1S/C19H25FN4O2/c20-14-1-3-15(4-2-14)22-7-9-23(10-8-22)19(26)13-24-16-5-6-17(24)12-21-18(25)11-16/h1-4,16-17H,5-13H2,(H,21,25)/p+1/t16-,17+/m0/s1. The van der Waals surface area contributed by atoms with Crippen molar-refractivity contribution in [2.75, 3.05) is 44.2 Å². The number of nitrogens with one attached hydrogen (secondary N) is 2. The SMILES string of the molecule is O=C1C[C@@H]2CC[C@H](CN1)[NH+]2CC(=O)N1CCN(c2ccc(F)cc2)CC1. The molecule has 0 spiro atoms. The first-order valence-corrected chi connectivity index (χ1v) is 9.51. The second kappa shape index (κ2) is 7.23. The van der Waals surface area contributed by atoms with Crippen LogP contribution in [-0.2, 0) is 9.59 Å². The molecule has 0 aromatic heterocycles. The van der Waals surface area contributed by atoms with Crippen LogP contribution in [0.25, 0.3) is 0 Å². The average molecular weight is 361 g/mol. The van der Waals surface area contributed by atoms with Crippen molar-refractivity contribution in [3.05, 3.63) is 30.1 Å². The van der Waals surface area contributed by atoms with Crippen LogP contribution in [0.1, 0.15) is 19.3 Å². The van der Waals surface area contributed by atoms with Crippen LogP contribution in [0.2, 0.25) is 0 Å². The highest BCUT2D eigenvalue weighted by molar-refractivity contribution is 5.78. The maximum atomic E-state index is 13.1. The van der Waals surface area contributed by atoms with E-state index in [4.69, 9.17) is 0 Å². The van der Waals surface area contributed by atoms with Crippen LogP contribution in [0, 0.1) is 5.82 Å². The van der Waals surface area contributed by atoms with E-state index in [0.29, 0.717) is 38.6 Å². The van der Waals surface area contributed by atoms with Crippen molar-refractivity contribution < 1.29 is 18.9 Å². The molecule has 1 aromatic rings. The monoisotopic (exact) mass is 361 g/mol. The van der Waals surface area contributed by atoms with Crippen molar-refractivity contribution in [1.82, 2.24) is 10.2 Å². The van der Waals surface area contributed by atoms with Crippen molar-refractivity contribution in [3.8, 4) is 0 Å². The lowest BCUT2D eigenvalue weighted by Crippen LogP contribution is -3.18. The molecule has 4 rings (SSSR count). The highest BCUT2D eigenvalue weighted by atomic mass is 19.1. The molecular formula is C19H26FN4O2+. The Morgan fingerprint density at radius 1 is 1.12 bits per heavy atom. The van der Waals surface area contributed by atoms with Gasteiger partial charge >= 0.3 is 0 Å². The summed E-state index contributed by atoms with van der Waals surface area (Å²) in [5, 5.41) is 2.97. The molecule has 3 saturated heterocycles. The summed E-state index contributed by atoms with van der Waals surface area (Å²) in [6.45, 7) is 4.09. The van der Waals surface area contributed by atoms with Crippen molar-refractivity contribution >= 4 is 17.5 Å². The minimum Gasteiger partial charge on any atom is -0.368 e. The third-order valence-electron chi connectivity index (χ3n) is 6.07. The predicted octanol–water partition coefficient (Wildman–Crippen LogP) is -0.590. The number of benzene rings is 1. The Bertz CT molecular complexity index is 673. The Morgan fingerprint density at radius 3 is 2.54 bits per heavy atom. The van der Waals surface area contributed by atoms with Crippen LogP contribution in [-0.4, -0.2) is 68.1 Å². The lowest BCUT2D eigenvalue weighted by atomic mass is 10.1. The fraction of sp³-hybridized carbons (Fsp3) is 0.579. The molecular weight excluding hydrogens is 335 g/mol. The molecule has 1 aromatic carbocycles. The van der Waals surface area contributed by atoms with Gasteiger partial charge in [-0.15, -0.1) is 0 Å². The summed E-state index contributed by atoms with van der Waals surface area (Å²) in [5.74, 6) is 0.0747. The molecule has 2 amide bonds. The van der Waals surface area contributed by atoms with Gasteiger partial charge < -0.3 is 20.0 Å². The maximum Gasteiger partial charge on any atom is 0.277 e. The van der Waals surface area contributed by atoms with Gasteiger partial charge in [0.2, 0.25) is 5.91 Å². The molecule has 2 bridgehead atoms. The highest BCUT2D eigenvalue weighted by Gasteiger charge is 2.42. The summed E-state index contributed by atoms with van der Waals surface area (Å²) < 4.78 is 13.1. The molecule has 0 radical (unpaired) electrons. The number of carbonyl (C=O) groups excluding carboxylic acids is 2. The number of fused-ring (bicyclic) bond motifs is 2. The molecule has 0 saturated carbocycles. The number of halogens is 1. The minimum atomic E-state index is -0.231. The summed E-state index contributed by atoms with van der Waals surface area (Å²) >= 11 is 0. The molecule has 6 nitrogen and oxygen atoms in total. The minimum absolute atomic E-state index is 0.120. The number of hydrogen-bond acceptors (Lipinski definition) is 3. The fourth-order valence-corrected chi connectivity index (χ4v) is 4.55. The number of anilines is 1. The number of carbonyl (C=O) groups is 2. The summed E-state index contributed by atoms with van der Waals surface area (Å²) in [7, 11) is 0. The molecule has 2 N–H and O–H groups in total. The third-order valence-corrected chi connectivity index (χ3v) is 6.07. The number of hydrogen-bond donors (Lipinski definition) is 2. The van der Waals surface area contributed by atoms with Crippen LogP contribution in [0.3, 0.4) is 0 Å². The number of piperazine rings is 1. The van der Waals surface area contributed by atoms with Gasteiger partial charge in [0, 0.05) is 44.7 Å². The number of amides is 2. The smallest absolute Gasteiger partial charge is 0.277 e.